The number of aliphatic hydroxyl groups is 1. The van der Waals surface area contributed by atoms with Gasteiger partial charge in [0.05, 0.1) is 11.7 Å². The molecule has 3 aliphatic carbocycles. The Bertz CT molecular complexity index is 303. The number of hydrogen-bond acceptors (Lipinski definition) is 2. The number of fused-ring (bicyclic) bond motifs is 2. The van der Waals surface area contributed by atoms with Crippen molar-refractivity contribution in [1.29, 1.82) is 0 Å². The Balaban J connectivity index is 1.74. The fourth-order valence-corrected chi connectivity index (χ4v) is 5.00. The molecule has 0 aromatic carbocycles. The lowest BCUT2D eigenvalue weighted by atomic mass is 9.57. The molecule has 4 rings (SSSR count). The molecule has 3 saturated carbocycles. The third-order valence-electron chi connectivity index (χ3n) is 5.66. The Hall–Kier alpha value is -0.0800. The van der Waals surface area contributed by atoms with Crippen molar-refractivity contribution in [3.05, 3.63) is 0 Å². The SMILES string of the molecule is O[C@H]1C2CCC[C@H]1[C@]13CCCC[C@@]1(C2)O3. The molecular weight excluding hydrogens is 188 g/mol. The van der Waals surface area contributed by atoms with Crippen molar-refractivity contribution in [3.8, 4) is 0 Å². The van der Waals surface area contributed by atoms with Crippen LogP contribution in [0.15, 0.2) is 0 Å². The second-order valence-corrected chi connectivity index (χ2v) is 6.19. The van der Waals surface area contributed by atoms with Crippen LogP contribution in [0.3, 0.4) is 0 Å². The van der Waals surface area contributed by atoms with Gasteiger partial charge in [-0.05, 0) is 38.0 Å². The molecule has 1 aliphatic heterocycles. The molecule has 0 aromatic heterocycles. The summed E-state index contributed by atoms with van der Waals surface area (Å²) in [5.74, 6) is 1.03. The van der Waals surface area contributed by atoms with Gasteiger partial charge in [0.15, 0.2) is 0 Å². The first kappa shape index (κ1) is 9.00. The molecule has 5 atom stereocenters. The van der Waals surface area contributed by atoms with Gasteiger partial charge >= 0.3 is 0 Å². The van der Waals surface area contributed by atoms with Gasteiger partial charge in [-0.25, -0.2) is 0 Å². The van der Waals surface area contributed by atoms with Crippen LogP contribution < -0.4 is 0 Å². The van der Waals surface area contributed by atoms with Gasteiger partial charge in [0.1, 0.15) is 5.60 Å². The van der Waals surface area contributed by atoms with E-state index in [1.165, 1.54) is 44.9 Å². The van der Waals surface area contributed by atoms with Gasteiger partial charge in [-0.3, -0.25) is 0 Å². The van der Waals surface area contributed by atoms with E-state index in [0.717, 1.165) is 6.42 Å². The molecule has 1 unspecified atom stereocenters. The van der Waals surface area contributed by atoms with Crippen LogP contribution in [-0.2, 0) is 4.74 Å². The Labute approximate surface area is 91.0 Å². The molecule has 15 heavy (non-hydrogen) atoms. The van der Waals surface area contributed by atoms with E-state index in [9.17, 15) is 5.11 Å². The Kier molecular flexibility index (Phi) is 1.56. The summed E-state index contributed by atoms with van der Waals surface area (Å²) in [5.41, 5.74) is 0.377. The first-order chi connectivity index (χ1) is 7.28. The van der Waals surface area contributed by atoms with Crippen molar-refractivity contribution in [2.75, 3.05) is 0 Å². The van der Waals surface area contributed by atoms with Crippen molar-refractivity contribution in [1.82, 2.24) is 0 Å². The van der Waals surface area contributed by atoms with E-state index in [2.05, 4.69) is 0 Å². The Morgan fingerprint density at radius 2 is 1.93 bits per heavy atom. The third-order valence-corrected chi connectivity index (χ3v) is 5.66. The zero-order chi connectivity index (χ0) is 10.1. The summed E-state index contributed by atoms with van der Waals surface area (Å²) in [7, 11) is 0. The zero-order valence-corrected chi connectivity index (χ0v) is 9.24. The molecule has 2 nitrogen and oxygen atoms in total. The van der Waals surface area contributed by atoms with Crippen LogP contribution in [-0.4, -0.2) is 22.4 Å². The highest BCUT2D eigenvalue weighted by atomic mass is 16.6. The summed E-state index contributed by atoms with van der Waals surface area (Å²) < 4.78 is 6.24. The lowest BCUT2D eigenvalue weighted by molar-refractivity contribution is -0.0447. The Morgan fingerprint density at radius 1 is 1.07 bits per heavy atom. The second-order valence-electron chi connectivity index (χ2n) is 6.19. The van der Waals surface area contributed by atoms with Crippen molar-refractivity contribution in [2.45, 2.75) is 68.7 Å². The number of epoxide rings is 1. The van der Waals surface area contributed by atoms with Crippen LogP contribution in [0.25, 0.3) is 0 Å². The molecule has 1 heterocycles. The quantitative estimate of drug-likeness (QED) is 0.619. The smallest absolute Gasteiger partial charge is 0.103 e. The summed E-state index contributed by atoms with van der Waals surface area (Å²) in [5, 5.41) is 10.3. The third kappa shape index (κ3) is 0.898. The average Bonchev–Trinajstić information content (AvgIpc) is 2.88. The molecular formula is C13H20O2. The van der Waals surface area contributed by atoms with Crippen LogP contribution in [0.2, 0.25) is 0 Å². The van der Waals surface area contributed by atoms with Crippen LogP contribution in [0.4, 0.5) is 0 Å². The van der Waals surface area contributed by atoms with E-state index in [-0.39, 0.29) is 17.3 Å². The van der Waals surface area contributed by atoms with Gasteiger partial charge in [0.25, 0.3) is 0 Å². The van der Waals surface area contributed by atoms with Crippen LogP contribution in [0.5, 0.6) is 0 Å². The summed E-state index contributed by atoms with van der Waals surface area (Å²) in [4.78, 5) is 0. The molecule has 2 heteroatoms. The fourth-order valence-electron chi connectivity index (χ4n) is 5.00. The first-order valence-electron chi connectivity index (χ1n) is 6.66. The molecule has 4 fully saturated rings. The maximum Gasteiger partial charge on any atom is 0.103 e. The van der Waals surface area contributed by atoms with Crippen molar-refractivity contribution in [3.63, 3.8) is 0 Å². The minimum atomic E-state index is -0.0486. The van der Waals surface area contributed by atoms with E-state index in [1.54, 1.807) is 0 Å². The largest absolute Gasteiger partial charge is 0.392 e. The highest BCUT2D eigenvalue weighted by Gasteiger charge is 2.77. The fraction of sp³-hybridized carbons (Fsp3) is 1.00. The minimum Gasteiger partial charge on any atom is -0.392 e. The van der Waals surface area contributed by atoms with E-state index in [0.29, 0.717) is 11.8 Å². The van der Waals surface area contributed by atoms with Crippen molar-refractivity contribution < 1.29 is 9.84 Å². The van der Waals surface area contributed by atoms with Crippen LogP contribution >= 0.6 is 0 Å². The van der Waals surface area contributed by atoms with Crippen molar-refractivity contribution >= 4 is 0 Å². The van der Waals surface area contributed by atoms with E-state index in [4.69, 9.17) is 4.74 Å². The van der Waals surface area contributed by atoms with Gasteiger partial charge in [-0.1, -0.05) is 19.3 Å². The highest BCUT2D eigenvalue weighted by Crippen LogP contribution is 2.70. The van der Waals surface area contributed by atoms with E-state index < -0.39 is 0 Å². The van der Waals surface area contributed by atoms with Gasteiger partial charge in [-0.15, -0.1) is 0 Å². The van der Waals surface area contributed by atoms with Gasteiger partial charge < -0.3 is 9.84 Å². The summed E-state index contributed by atoms with van der Waals surface area (Å²) >= 11 is 0. The topological polar surface area (TPSA) is 32.8 Å². The Morgan fingerprint density at radius 3 is 2.87 bits per heavy atom. The molecule has 4 aliphatic rings. The zero-order valence-electron chi connectivity index (χ0n) is 9.24. The number of aliphatic hydroxyl groups excluding tert-OH is 1. The van der Waals surface area contributed by atoms with Gasteiger partial charge in [-0.2, -0.15) is 0 Å². The molecule has 0 spiro atoms. The number of ether oxygens (including phenoxy) is 1. The standard InChI is InChI=1S/C13H20O2/c14-11-9-4-3-5-10(11)13-7-2-1-6-12(13,8-9)15-13/h9-11,14H,1-8H2/t9?,10-,11+,12+,13-/m1/s1. The number of hydrogen-bond donors (Lipinski definition) is 1. The predicted octanol–water partition coefficient (Wildman–Crippen LogP) is 2.25. The second kappa shape index (κ2) is 2.60. The summed E-state index contributed by atoms with van der Waals surface area (Å²) in [6.07, 6.45) is 10.0. The monoisotopic (exact) mass is 208 g/mol. The average molecular weight is 208 g/mol. The van der Waals surface area contributed by atoms with Gasteiger partial charge in [0.2, 0.25) is 0 Å². The molecule has 0 amide bonds. The number of rotatable bonds is 0. The van der Waals surface area contributed by atoms with E-state index >= 15 is 0 Å². The van der Waals surface area contributed by atoms with Crippen molar-refractivity contribution in [2.24, 2.45) is 11.8 Å². The highest BCUT2D eigenvalue weighted by molar-refractivity contribution is 5.25. The predicted molar refractivity (Wildman–Crippen MR) is 56.5 cm³/mol. The molecule has 84 valence electrons. The van der Waals surface area contributed by atoms with E-state index in [1.807, 2.05) is 0 Å². The lowest BCUT2D eigenvalue weighted by Gasteiger charge is -2.46. The van der Waals surface area contributed by atoms with Crippen LogP contribution in [0, 0.1) is 11.8 Å². The van der Waals surface area contributed by atoms with Gasteiger partial charge in [0, 0.05) is 5.92 Å². The molecule has 1 saturated heterocycles. The van der Waals surface area contributed by atoms with Crippen LogP contribution in [0.1, 0.15) is 51.4 Å². The molecule has 1 N–H and O–H groups in total. The minimum absolute atomic E-state index is 0.0486. The summed E-state index contributed by atoms with van der Waals surface area (Å²) in [6, 6.07) is 0. The summed E-state index contributed by atoms with van der Waals surface area (Å²) in [6.45, 7) is 0. The maximum absolute atomic E-state index is 10.3. The first-order valence-corrected chi connectivity index (χ1v) is 6.66. The molecule has 0 radical (unpaired) electrons. The normalized spacial score (nSPS) is 61.8. The molecule has 0 aromatic rings. The lowest BCUT2D eigenvalue weighted by Crippen LogP contribution is -2.53. The molecule has 2 bridgehead atoms. The maximum atomic E-state index is 10.3.